The third-order valence-electron chi connectivity index (χ3n) is 5.02. The number of fused-ring (bicyclic) bond motifs is 1. The third kappa shape index (κ3) is 4.82. The molecule has 0 atom stereocenters. The minimum absolute atomic E-state index is 0.338. The average Bonchev–Trinajstić information content (AvgIpc) is 3.22. The zero-order valence-electron chi connectivity index (χ0n) is 17.1. The van der Waals surface area contributed by atoms with Gasteiger partial charge in [-0.1, -0.05) is 30.3 Å². The van der Waals surface area contributed by atoms with Crippen LogP contribution in [0.2, 0.25) is 0 Å². The molecule has 2 aromatic carbocycles. The fourth-order valence-electron chi connectivity index (χ4n) is 3.54. The van der Waals surface area contributed by atoms with Crippen molar-refractivity contribution >= 4 is 23.0 Å². The van der Waals surface area contributed by atoms with Crippen LogP contribution in [0.1, 0.15) is 40.7 Å². The molecule has 5 nitrogen and oxygen atoms in total. The van der Waals surface area contributed by atoms with Gasteiger partial charge in [0.15, 0.2) is 5.69 Å². The topological polar surface area (TPSA) is 60.5 Å². The lowest BCUT2D eigenvalue weighted by atomic mass is 10.0. The van der Waals surface area contributed by atoms with Crippen LogP contribution < -0.4 is 10.1 Å². The second-order valence-electron chi connectivity index (χ2n) is 7.18. The molecule has 0 spiro atoms. The number of carbonyl (C=O) groups excluding carboxylic acids is 1. The van der Waals surface area contributed by atoms with Gasteiger partial charge in [-0.25, -0.2) is 9.78 Å². The molecule has 1 aliphatic heterocycles. The van der Waals surface area contributed by atoms with Gasteiger partial charge in [0.1, 0.15) is 10.8 Å². The molecule has 0 aliphatic carbocycles. The highest BCUT2D eigenvalue weighted by Crippen LogP contribution is 2.33. The molecule has 4 rings (SSSR count). The molecule has 0 amide bonds. The van der Waals surface area contributed by atoms with Crippen molar-refractivity contribution in [3.8, 4) is 16.3 Å². The van der Waals surface area contributed by atoms with Crippen LogP contribution in [-0.4, -0.2) is 30.7 Å². The number of nitrogens with zero attached hydrogens (tertiary/aromatic N) is 1. The van der Waals surface area contributed by atoms with E-state index in [0.29, 0.717) is 18.9 Å². The van der Waals surface area contributed by atoms with Gasteiger partial charge in [-0.05, 0) is 56.4 Å². The van der Waals surface area contributed by atoms with Gasteiger partial charge in [-0.15, -0.1) is 11.3 Å². The molecule has 1 N–H and O–H groups in total. The van der Waals surface area contributed by atoms with E-state index in [1.165, 1.54) is 11.3 Å². The van der Waals surface area contributed by atoms with Crippen LogP contribution >= 0.6 is 11.3 Å². The molecule has 0 saturated carbocycles. The summed E-state index contributed by atoms with van der Waals surface area (Å²) in [6.45, 7) is 3.73. The van der Waals surface area contributed by atoms with Crippen molar-refractivity contribution in [2.24, 2.45) is 0 Å². The Morgan fingerprint density at radius 1 is 1.20 bits per heavy atom. The fourth-order valence-corrected chi connectivity index (χ4v) is 4.62. The lowest BCUT2D eigenvalue weighted by Crippen LogP contribution is -2.11. The fraction of sp³-hybridized carbons (Fsp3) is 0.333. The molecule has 0 unspecified atom stereocenters. The third-order valence-corrected chi connectivity index (χ3v) is 6.19. The van der Waals surface area contributed by atoms with Gasteiger partial charge in [-0.3, -0.25) is 0 Å². The second kappa shape index (κ2) is 9.76. The molecule has 0 saturated heterocycles. The number of esters is 1. The summed E-state index contributed by atoms with van der Waals surface area (Å²) in [5, 5.41) is 4.32. The summed E-state index contributed by atoms with van der Waals surface area (Å²) in [6.07, 6.45) is 3.78. The Bertz CT molecular complexity index is 1000. The van der Waals surface area contributed by atoms with Crippen LogP contribution in [0, 0.1) is 0 Å². The summed E-state index contributed by atoms with van der Waals surface area (Å²) in [6, 6.07) is 16.2. The Morgan fingerprint density at radius 3 is 2.90 bits per heavy atom. The monoisotopic (exact) mass is 422 g/mol. The van der Waals surface area contributed by atoms with Crippen molar-refractivity contribution in [1.29, 1.82) is 0 Å². The van der Waals surface area contributed by atoms with Crippen LogP contribution in [0.3, 0.4) is 0 Å². The molecular formula is C24H26N2O3S. The predicted octanol–water partition coefficient (Wildman–Crippen LogP) is 5.36. The maximum absolute atomic E-state index is 12.5. The Kier molecular flexibility index (Phi) is 6.64. The molecule has 3 aromatic rings. The van der Waals surface area contributed by atoms with E-state index >= 15 is 0 Å². The van der Waals surface area contributed by atoms with Gasteiger partial charge >= 0.3 is 5.97 Å². The van der Waals surface area contributed by atoms with Gasteiger partial charge < -0.3 is 14.8 Å². The maximum atomic E-state index is 12.5. The first-order valence-corrected chi connectivity index (χ1v) is 11.3. The van der Waals surface area contributed by atoms with E-state index in [9.17, 15) is 4.79 Å². The summed E-state index contributed by atoms with van der Waals surface area (Å²) in [4.78, 5) is 18.1. The molecular weight excluding hydrogens is 396 g/mol. The molecule has 30 heavy (non-hydrogen) atoms. The average molecular weight is 423 g/mol. The van der Waals surface area contributed by atoms with Crippen LogP contribution in [0.5, 0.6) is 5.75 Å². The highest BCUT2D eigenvalue weighted by atomic mass is 32.1. The number of anilines is 1. The zero-order chi connectivity index (χ0) is 20.8. The first-order valence-electron chi connectivity index (χ1n) is 10.5. The molecule has 2 heterocycles. The van der Waals surface area contributed by atoms with E-state index in [0.717, 1.165) is 53.4 Å². The predicted molar refractivity (Wildman–Crippen MR) is 121 cm³/mol. The Labute approximate surface area is 181 Å². The van der Waals surface area contributed by atoms with Crippen LogP contribution in [0.4, 0.5) is 5.69 Å². The van der Waals surface area contributed by atoms with Gasteiger partial charge in [0.05, 0.1) is 13.2 Å². The smallest absolute Gasteiger partial charge is 0.358 e. The number of aromatic nitrogens is 1. The van der Waals surface area contributed by atoms with E-state index in [2.05, 4.69) is 28.5 Å². The van der Waals surface area contributed by atoms with Gasteiger partial charge in [-0.2, -0.15) is 0 Å². The van der Waals surface area contributed by atoms with Crippen molar-refractivity contribution in [1.82, 2.24) is 4.98 Å². The largest absolute Gasteiger partial charge is 0.494 e. The van der Waals surface area contributed by atoms with E-state index < -0.39 is 0 Å². The van der Waals surface area contributed by atoms with Gasteiger partial charge in [0, 0.05) is 22.7 Å². The lowest BCUT2D eigenvalue weighted by Gasteiger charge is -2.18. The number of hydrogen-bond acceptors (Lipinski definition) is 6. The van der Waals surface area contributed by atoms with E-state index in [4.69, 9.17) is 9.47 Å². The standard InChI is InChI=1S/C24H26N2O3S/c1-2-28-24(27)22-21(11-7-15-29-19-9-4-3-5-10-19)30-23(26-22)18-13-12-17-8-6-14-25-20(17)16-18/h3-5,9-10,12-13,16,25H,2,6-8,11,14-15H2,1H3. The van der Waals surface area contributed by atoms with Gasteiger partial charge in [0.25, 0.3) is 0 Å². The molecule has 1 aliphatic rings. The number of hydrogen-bond donors (Lipinski definition) is 1. The summed E-state index contributed by atoms with van der Waals surface area (Å²) in [7, 11) is 0. The first-order chi connectivity index (χ1) is 14.7. The van der Waals surface area contributed by atoms with Crippen molar-refractivity contribution in [3.05, 3.63) is 64.7 Å². The Hall–Kier alpha value is -2.86. The number of aryl methyl sites for hydroxylation is 2. The normalized spacial score (nSPS) is 12.7. The Morgan fingerprint density at radius 2 is 2.07 bits per heavy atom. The number of para-hydroxylation sites is 1. The number of nitrogens with one attached hydrogen (secondary N) is 1. The van der Waals surface area contributed by atoms with Crippen LogP contribution in [-0.2, 0) is 17.6 Å². The molecule has 1 aromatic heterocycles. The first kappa shape index (κ1) is 20.4. The second-order valence-corrected chi connectivity index (χ2v) is 8.26. The van der Waals surface area contributed by atoms with Crippen LogP contribution in [0.15, 0.2) is 48.5 Å². The number of thiazole rings is 1. The minimum atomic E-state index is -0.352. The van der Waals surface area contributed by atoms with E-state index in [1.807, 2.05) is 37.3 Å². The van der Waals surface area contributed by atoms with Crippen LogP contribution in [0.25, 0.3) is 10.6 Å². The van der Waals surface area contributed by atoms with E-state index in [1.54, 1.807) is 11.3 Å². The summed E-state index contributed by atoms with van der Waals surface area (Å²) in [5.74, 6) is 0.504. The van der Waals surface area contributed by atoms with Gasteiger partial charge in [0.2, 0.25) is 0 Å². The van der Waals surface area contributed by atoms with Crippen molar-refractivity contribution < 1.29 is 14.3 Å². The van der Waals surface area contributed by atoms with Crippen molar-refractivity contribution in [2.45, 2.75) is 32.6 Å². The molecule has 0 radical (unpaired) electrons. The highest BCUT2D eigenvalue weighted by molar-refractivity contribution is 7.15. The van der Waals surface area contributed by atoms with E-state index in [-0.39, 0.29) is 5.97 Å². The molecule has 0 fully saturated rings. The molecule has 156 valence electrons. The minimum Gasteiger partial charge on any atom is -0.494 e. The van der Waals surface area contributed by atoms with Crippen molar-refractivity contribution in [2.75, 3.05) is 25.1 Å². The van der Waals surface area contributed by atoms with Crippen molar-refractivity contribution in [3.63, 3.8) is 0 Å². The summed E-state index contributed by atoms with van der Waals surface area (Å²) >= 11 is 1.57. The molecule has 0 bridgehead atoms. The zero-order valence-corrected chi connectivity index (χ0v) is 18.0. The summed E-state index contributed by atoms with van der Waals surface area (Å²) in [5.41, 5.74) is 3.97. The highest BCUT2D eigenvalue weighted by Gasteiger charge is 2.21. The number of benzene rings is 2. The number of carbonyl (C=O) groups is 1. The number of ether oxygens (including phenoxy) is 2. The summed E-state index contributed by atoms with van der Waals surface area (Å²) < 4.78 is 11.0. The number of rotatable bonds is 8. The quantitative estimate of drug-likeness (QED) is 0.391. The SMILES string of the molecule is CCOC(=O)c1nc(-c2ccc3c(c2)NCCC3)sc1CCCOc1ccccc1. The molecule has 6 heteroatoms. The lowest BCUT2D eigenvalue weighted by molar-refractivity contribution is 0.0519. The maximum Gasteiger partial charge on any atom is 0.358 e. The Balaban J connectivity index is 1.50.